The highest BCUT2D eigenvalue weighted by Crippen LogP contribution is 2.54. The molecule has 11 rings (SSSR count). The Balaban J connectivity index is 1.07. The standard InChI is InChI=1S/C54H37N3/c1-54(2)48-33-36(29-30-43(48)46-32-31-45-41-25-12-11-23-39(41)40-24-13-15-27-44(40)49(45)50(46)54)37-21-9-10-22-38(37)42-26-14-16-28-47(42)53-56-51(34-17-5-3-6-18-34)55-52(57-53)35-19-7-4-8-20-35/h3-33H,1-2H3. The van der Waals surface area contributed by atoms with Crippen LogP contribution >= 0.6 is 0 Å². The van der Waals surface area contributed by atoms with Crippen molar-refractivity contribution in [3.63, 3.8) is 0 Å². The third-order valence-corrected chi connectivity index (χ3v) is 11.9. The summed E-state index contributed by atoms with van der Waals surface area (Å²) in [5.74, 6) is 1.94. The van der Waals surface area contributed by atoms with E-state index in [4.69, 9.17) is 15.0 Å². The Hall–Kier alpha value is -7.23. The molecule has 268 valence electrons. The van der Waals surface area contributed by atoms with Gasteiger partial charge in [-0.15, -0.1) is 0 Å². The van der Waals surface area contributed by atoms with Crippen LogP contribution in [0.15, 0.2) is 188 Å². The first-order valence-corrected chi connectivity index (χ1v) is 19.6. The first kappa shape index (κ1) is 33.1. The molecule has 0 saturated carbocycles. The van der Waals surface area contributed by atoms with E-state index in [0.717, 1.165) is 27.8 Å². The van der Waals surface area contributed by atoms with Crippen molar-refractivity contribution in [3.05, 3.63) is 199 Å². The Morgan fingerprint density at radius 2 is 0.754 bits per heavy atom. The minimum atomic E-state index is -0.231. The number of aromatic nitrogens is 3. The summed E-state index contributed by atoms with van der Waals surface area (Å²) in [6, 6.07) is 67.1. The molecule has 0 bridgehead atoms. The van der Waals surface area contributed by atoms with Crippen LogP contribution in [0.3, 0.4) is 0 Å². The molecule has 0 aliphatic heterocycles. The van der Waals surface area contributed by atoms with Crippen LogP contribution in [0.2, 0.25) is 0 Å². The maximum atomic E-state index is 5.12. The molecule has 0 N–H and O–H groups in total. The highest BCUT2D eigenvalue weighted by molar-refractivity contribution is 6.27. The van der Waals surface area contributed by atoms with E-state index in [1.54, 1.807) is 0 Å². The quantitative estimate of drug-likeness (QED) is 0.166. The van der Waals surface area contributed by atoms with Gasteiger partial charge in [-0.3, -0.25) is 0 Å². The second-order valence-corrected chi connectivity index (χ2v) is 15.5. The van der Waals surface area contributed by atoms with Gasteiger partial charge in [0.25, 0.3) is 0 Å². The molecule has 9 aromatic carbocycles. The van der Waals surface area contributed by atoms with Gasteiger partial charge in [-0.2, -0.15) is 0 Å². The van der Waals surface area contributed by atoms with Crippen LogP contribution in [0, 0.1) is 0 Å². The van der Waals surface area contributed by atoms with E-state index >= 15 is 0 Å². The summed E-state index contributed by atoms with van der Waals surface area (Å²) in [7, 11) is 0. The van der Waals surface area contributed by atoms with Crippen molar-refractivity contribution in [1.82, 2.24) is 15.0 Å². The largest absolute Gasteiger partial charge is 0.208 e. The normalized spacial score (nSPS) is 12.9. The van der Waals surface area contributed by atoms with E-state index in [1.807, 2.05) is 36.4 Å². The fourth-order valence-corrected chi connectivity index (χ4v) is 9.28. The molecule has 10 aromatic rings. The van der Waals surface area contributed by atoms with E-state index in [-0.39, 0.29) is 5.41 Å². The Morgan fingerprint density at radius 1 is 0.316 bits per heavy atom. The number of hydrogen-bond donors (Lipinski definition) is 0. The summed E-state index contributed by atoms with van der Waals surface area (Å²) < 4.78 is 0. The van der Waals surface area contributed by atoms with Gasteiger partial charge in [-0.05, 0) is 82.9 Å². The van der Waals surface area contributed by atoms with E-state index in [1.165, 1.54) is 65.7 Å². The molecule has 1 heterocycles. The van der Waals surface area contributed by atoms with Gasteiger partial charge in [-0.25, -0.2) is 15.0 Å². The molecule has 1 aliphatic carbocycles. The molecule has 0 amide bonds. The van der Waals surface area contributed by atoms with Crippen LogP contribution in [0.25, 0.3) is 99.9 Å². The Kier molecular flexibility index (Phi) is 7.52. The van der Waals surface area contributed by atoms with Crippen molar-refractivity contribution in [2.45, 2.75) is 19.3 Å². The van der Waals surface area contributed by atoms with E-state index < -0.39 is 0 Å². The lowest BCUT2D eigenvalue weighted by molar-refractivity contribution is 0.667. The Labute approximate surface area is 332 Å². The fraction of sp³-hybridized carbons (Fsp3) is 0.0556. The Morgan fingerprint density at radius 3 is 1.37 bits per heavy atom. The SMILES string of the molecule is CC1(C)c2cc(-c3ccccc3-c3ccccc3-c3nc(-c4ccccc4)nc(-c4ccccc4)n3)ccc2-c2ccc3c4ccccc4c4ccccc4c3c21. The summed E-state index contributed by atoms with van der Waals surface area (Å²) >= 11 is 0. The maximum absolute atomic E-state index is 5.12. The predicted octanol–water partition coefficient (Wildman–Crippen LogP) is 14.0. The molecule has 0 fully saturated rings. The lowest BCUT2D eigenvalue weighted by atomic mass is 9.78. The molecule has 1 aliphatic rings. The fourth-order valence-electron chi connectivity index (χ4n) is 9.28. The van der Waals surface area contributed by atoms with Crippen LogP contribution < -0.4 is 0 Å². The average Bonchev–Trinajstić information content (AvgIpc) is 3.52. The number of rotatable bonds is 5. The van der Waals surface area contributed by atoms with Crippen molar-refractivity contribution >= 4 is 32.3 Å². The molecule has 57 heavy (non-hydrogen) atoms. The lowest BCUT2D eigenvalue weighted by Crippen LogP contribution is -2.16. The first-order valence-electron chi connectivity index (χ1n) is 19.6. The summed E-state index contributed by atoms with van der Waals surface area (Å²) in [5, 5.41) is 7.90. The summed E-state index contributed by atoms with van der Waals surface area (Å²) in [6.07, 6.45) is 0. The van der Waals surface area contributed by atoms with Crippen LogP contribution in [-0.2, 0) is 5.41 Å². The van der Waals surface area contributed by atoms with E-state index in [9.17, 15) is 0 Å². The van der Waals surface area contributed by atoms with Crippen molar-refractivity contribution in [2.75, 3.05) is 0 Å². The average molecular weight is 728 g/mol. The van der Waals surface area contributed by atoms with Crippen LogP contribution in [0.5, 0.6) is 0 Å². The second kappa shape index (κ2) is 12.9. The third-order valence-electron chi connectivity index (χ3n) is 11.9. The molecule has 1 aromatic heterocycles. The van der Waals surface area contributed by atoms with E-state index in [2.05, 4.69) is 166 Å². The molecule has 3 nitrogen and oxygen atoms in total. The van der Waals surface area contributed by atoms with Crippen molar-refractivity contribution in [3.8, 4) is 67.5 Å². The predicted molar refractivity (Wildman–Crippen MR) is 237 cm³/mol. The molecule has 0 atom stereocenters. The minimum absolute atomic E-state index is 0.231. The second-order valence-electron chi connectivity index (χ2n) is 15.5. The highest BCUT2D eigenvalue weighted by Gasteiger charge is 2.38. The molecular weight excluding hydrogens is 691 g/mol. The summed E-state index contributed by atoms with van der Waals surface area (Å²) in [6.45, 7) is 4.81. The Bertz CT molecular complexity index is 3110. The van der Waals surface area contributed by atoms with Crippen molar-refractivity contribution < 1.29 is 0 Å². The van der Waals surface area contributed by atoms with Crippen molar-refractivity contribution in [2.24, 2.45) is 0 Å². The maximum Gasteiger partial charge on any atom is 0.164 e. The number of benzene rings is 9. The van der Waals surface area contributed by atoms with Crippen LogP contribution in [-0.4, -0.2) is 15.0 Å². The van der Waals surface area contributed by atoms with Gasteiger partial charge in [0.15, 0.2) is 17.5 Å². The molecule has 0 unspecified atom stereocenters. The van der Waals surface area contributed by atoms with Gasteiger partial charge >= 0.3 is 0 Å². The zero-order chi connectivity index (χ0) is 38.1. The van der Waals surface area contributed by atoms with E-state index in [0.29, 0.717) is 17.5 Å². The number of nitrogens with zero attached hydrogens (tertiary/aromatic N) is 3. The van der Waals surface area contributed by atoms with Gasteiger partial charge in [0, 0.05) is 22.1 Å². The first-order chi connectivity index (χ1) is 28.0. The monoisotopic (exact) mass is 727 g/mol. The third kappa shape index (κ3) is 5.23. The molecule has 3 heteroatoms. The minimum Gasteiger partial charge on any atom is -0.208 e. The topological polar surface area (TPSA) is 38.7 Å². The van der Waals surface area contributed by atoms with Gasteiger partial charge in [-0.1, -0.05) is 196 Å². The molecule has 0 radical (unpaired) electrons. The molecule has 0 spiro atoms. The highest BCUT2D eigenvalue weighted by atomic mass is 15.0. The molecular formula is C54H37N3. The number of hydrogen-bond acceptors (Lipinski definition) is 3. The number of fused-ring (bicyclic) bond motifs is 10. The molecule has 0 saturated heterocycles. The zero-order valence-corrected chi connectivity index (χ0v) is 31.7. The van der Waals surface area contributed by atoms with Crippen LogP contribution in [0.4, 0.5) is 0 Å². The van der Waals surface area contributed by atoms with Crippen molar-refractivity contribution in [1.29, 1.82) is 0 Å². The zero-order valence-electron chi connectivity index (χ0n) is 31.7. The van der Waals surface area contributed by atoms with Gasteiger partial charge < -0.3 is 0 Å². The summed E-state index contributed by atoms with van der Waals surface area (Å²) in [5.41, 5.74) is 12.6. The van der Waals surface area contributed by atoms with Gasteiger partial charge in [0.2, 0.25) is 0 Å². The smallest absolute Gasteiger partial charge is 0.164 e. The lowest BCUT2D eigenvalue weighted by Gasteiger charge is -2.25. The van der Waals surface area contributed by atoms with Gasteiger partial charge in [0.1, 0.15) is 0 Å². The van der Waals surface area contributed by atoms with Crippen LogP contribution in [0.1, 0.15) is 25.0 Å². The van der Waals surface area contributed by atoms with Gasteiger partial charge in [0.05, 0.1) is 0 Å². The summed E-state index contributed by atoms with van der Waals surface area (Å²) in [4.78, 5) is 15.2.